The summed E-state index contributed by atoms with van der Waals surface area (Å²) in [6.45, 7) is 6.44. The Morgan fingerprint density at radius 1 is 1.52 bits per heavy atom. The molecular formula is C15H25N5O3. The van der Waals surface area contributed by atoms with E-state index in [2.05, 4.69) is 15.7 Å². The standard InChI is InChI=1S/C15H25N5O3/c1-11-15(20(22)23)12(2)19(18-11)9-6-14(21)17-8-5-13-4-3-7-16-10-13/h13,16H,3-10H2,1-2H3,(H,17,21). The van der Waals surface area contributed by atoms with E-state index in [1.807, 2.05) is 0 Å². The monoisotopic (exact) mass is 323 g/mol. The molecule has 0 aliphatic carbocycles. The lowest BCUT2D eigenvalue weighted by Gasteiger charge is -2.22. The van der Waals surface area contributed by atoms with Crippen molar-refractivity contribution in [3.63, 3.8) is 0 Å². The quantitative estimate of drug-likeness (QED) is 0.582. The van der Waals surface area contributed by atoms with E-state index in [9.17, 15) is 14.9 Å². The van der Waals surface area contributed by atoms with Crippen molar-refractivity contribution < 1.29 is 9.72 Å². The van der Waals surface area contributed by atoms with E-state index in [0.29, 0.717) is 30.4 Å². The minimum absolute atomic E-state index is 0.0372. The van der Waals surface area contributed by atoms with Crippen molar-refractivity contribution in [1.29, 1.82) is 0 Å². The van der Waals surface area contributed by atoms with Gasteiger partial charge in [0.15, 0.2) is 0 Å². The topological polar surface area (TPSA) is 102 Å². The summed E-state index contributed by atoms with van der Waals surface area (Å²) in [4.78, 5) is 22.4. The molecule has 0 aromatic carbocycles. The van der Waals surface area contributed by atoms with Crippen LogP contribution >= 0.6 is 0 Å². The fourth-order valence-electron chi connectivity index (χ4n) is 3.05. The molecule has 0 spiro atoms. The van der Waals surface area contributed by atoms with Crippen LogP contribution in [0.5, 0.6) is 0 Å². The maximum atomic E-state index is 11.9. The van der Waals surface area contributed by atoms with Gasteiger partial charge < -0.3 is 10.6 Å². The lowest BCUT2D eigenvalue weighted by atomic mass is 9.96. The van der Waals surface area contributed by atoms with Crippen LogP contribution in [-0.4, -0.2) is 40.2 Å². The zero-order chi connectivity index (χ0) is 16.8. The zero-order valence-corrected chi connectivity index (χ0v) is 13.8. The highest BCUT2D eigenvalue weighted by atomic mass is 16.6. The van der Waals surface area contributed by atoms with Gasteiger partial charge in [0.05, 0.1) is 11.5 Å². The third-order valence-electron chi connectivity index (χ3n) is 4.35. The van der Waals surface area contributed by atoms with Crippen LogP contribution in [0.25, 0.3) is 0 Å². The first-order valence-corrected chi connectivity index (χ1v) is 8.15. The van der Waals surface area contributed by atoms with Gasteiger partial charge in [0.2, 0.25) is 5.91 Å². The predicted octanol–water partition coefficient (Wildman–Crippen LogP) is 1.30. The van der Waals surface area contributed by atoms with E-state index in [0.717, 1.165) is 19.5 Å². The van der Waals surface area contributed by atoms with Gasteiger partial charge in [0.25, 0.3) is 0 Å². The molecule has 1 amide bonds. The van der Waals surface area contributed by atoms with Crippen LogP contribution in [0, 0.1) is 29.9 Å². The SMILES string of the molecule is Cc1nn(CCC(=O)NCCC2CCCNC2)c(C)c1[N+](=O)[O-]. The lowest BCUT2D eigenvalue weighted by Crippen LogP contribution is -2.33. The second-order valence-corrected chi connectivity index (χ2v) is 6.10. The Hall–Kier alpha value is -1.96. The van der Waals surface area contributed by atoms with Gasteiger partial charge in [-0.2, -0.15) is 5.10 Å². The first-order chi connectivity index (χ1) is 11.0. The number of nitrogens with zero attached hydrogens (tertiary/aromatic N) is 3. The minimum atomic E-state index is -0.424. The molecule has 0 radical (unpaired) electrons. The fraction of sp³-hybridized carbons (Fsp3) is 0.733. The highest BCUT2D eigenvalue weighted by Crippen LogP contribution is 2.21. The Labute approximate surface area is 135 Å². The molecule has 1 aliphatic rings. The van der Waals surface area contributed by atoms with Gasteiger partial charge >= 0.3 is 5.69 Å². The van der Waals surface area contributed by atoms with Crippen LogP contribution in [0.15, 0.2) is 0 Å². The molecule has 8 heteroatoms. The van der Waals surface area contributed by atoms with E-state index in [1.165, 1.54) is 17.5 Å². The van der Waals surface area contributed by atoms with Gasteiger partial charge in [0.1, 0.15) is 11.4 Å². The molecule has 2 N–H and O–H groups in total. The first-order valence-electron chi connectivity index (χ1n) is 8.15. The van der Waals surface area contributed by atoms with E-state index in [1.54, 1.807) is 13.8 Å². The van der Waals surface area contributed by atoms with Crippen molar-refractivity contribution in [3.8, 4) is 0 Å². The van der Waals surface area contributed by atoms with Crippen LogP contribution in [0.1, 0.15) is 37.1 Å². The first kappa shape index (κ1) is 17.4. The Morgan fingerprint density at radius 3 is 2.91 bits per heavy atom. The number of nitrogens with one attached hydrogen (secondary N) is 2. The molecule has 8 nitrogen and oxygen atoms in total. The second-order valence-electron chi connectivity index (χ2n) is 6.10. The summed E-state index contributed by atoms with van der Waals surface area (Å²) in [5.41, 5.74) is 0.918. The largest absolute Gasteiger partial charge is 0.356 e. The zero-order valence-electron chi connectivity index (χ0n) is 13.8. The van der Waals surface area contributed by atoms with Crippen molar-refractivity contribution in [1.82, 2.24) is 20.4 Å². The number of carbonyl (C=O) groups is 1. The van der Waals surface area contributed by atoms with Crippen molar-refractivity contribution in [2.24, 2.45) is 5.92 Å². The van der Waals surface area contributed by atoms with Gasteiger partial charge in [-0.3, -0.25) is 19.6 Å². The number of rotatable bonds is 7. The van der Waals surface area contributed by atoms with Crippen LogP contribution in [0.4, 0.5) is 5.69 Å². The summed E-state index contributed by atoms with van der Waals surface area (Å²) >= 11 is 0. The van der Waals surface area contributed by atoms with Gasteiger partial charge in [-0.25, -0.2) is 0 Å². The Bertz CT molecular complexity index is 564. The maximum absolute atomic E-state index is 11.9. The maximum Gasteiger partial charge on any atom is 0.312 e. The molecule has 1 aliphatic heterocycles. The average Bonchev–Trinajstić information content (AvgIpc) is 2.80. The summed E-state index contributed by atoms with van der Waals surface area (Å²) < 4.78 is 1.54. The van der Waals surface area contributed by atoms with Gasteiger partial charge in [-0.05, 0) is 52.1 Å². The average molecular weight is 323 g/mol. The summed E-state index contributed by atoms with van der Waals surface area (Å²) in [6, 6.07) is 0. The molecule has 128 valence electrons. The van der Waals surface area contributed by atoms with Gasteiger partial charge in [0, 0.05) is 13.0 Å². The fourth-order valence-corrected chi connectivity index (χ4v) is 3.05. The van der Waals surface area contributed by atoms with Crippen molar-refractivity contribution in [3.05, 3.63) is 21.5 Å². The molecule has 0 saturated carbocycles. The van der Waals surface area contributed by atoms with E-state index < -0.39 is 4.92 Å². The van der Waals surface area contributed by atoms with Gasteiger partial charge in [-0.15, -0.1) is 0 Å². The number of carbonyl (C=O) groups excluding carboxylic acids is 1. The molecule has 1 unspecified atom stereocenters. The van der Waals surface area contributed by atoms with E-state index in [-0.39, 0.29) is 18.0 Å². The number of nitro groups is 1. The number of aryl methyl sites for hydroxylation is 2. The van der Waals surface area contributed by atoms with Crippen LogP contribution < -0.4 is 10.6 Å². The molecule has 1 atom stereocenters. The number of hydrogen-bond acceptors (Lipinski definition) is 5. The van der Waals surface area contributed by atoms with E-state index >= 15 is 0 Å². The Morgan fingerprint density at radius 2 is 2.30 bits per heavy atom. The molecule has 0 bridgehead atoms. The summed E-state index contributed by atoms with van der Waals surface area (Å²) in [7, 11) is 0. The van der Waals surface area contributed by atoms with E-state index in [4.69, 9.17) is 0 Å². The molecule has 1 saturated heterocycles. The van der Waals surface area contributed by atoms with Crippen LogP contribution in [0.2, 0.25) is 0 Å². The van der Waals surface area contributed by atoms with Gasteiger partial charge in [-0.1, -0.05) is 0 Å². The number of aromatic nitrogens is 2. The summed E-state index contributed by atoms with van der Waals surface area (Å²) in [5.74, 6) is 0.603. The highest BCUT2D eigenvalue weighted by Gasteiger charge is 2.21. The Kier molecular flexibility index (Phi) is 6.09. The molecule has 2 rings (SSSR count). The highest BCUT2D eigenvalue weighted by molar-refractivity contribution is 5.75. The number of amides is 1. The number of piperidine rings is 1. The molecule has 1 fully saturated rings. The smallest absolute Gasteiger partial charge is 0.312 e. The Balaban J connectivity index is 1.74. The number of hydrogen-bond donors (Lipinski definition) is 2. The summed E-state index contributed by atoms with van der Waals surface area (Å²) in [5, 5.41) is 21.4. The normalized spacial score (nSPS) is 17.9. The summed E-state index contributed by atoms with van der Waals surface area (Å²) in [6.07, 6.45) is 3.69. The van der Waals surface area contributed by atoms with Crippen LogP contribution in [0.3, 0.4) is 0 Å². The predicted molar refractivity (Wildman–Crippen MR) is 86.2 cm³/mol. The van der Waals surface area contributed by atoms with Crippen molar-refractivity contribution in [2.75, 3.05) is 19.6 Å². The lowest BCUT2D eigenvalue weighted by molar-refractivity contribution is -0.386. The second kappa shape index (κ2) is 8.05. The molecule has 2 heterocycles. The molecule has 1 aromatic heterocycles. The van der Waals surface area contributed by atoms with Crippen molar-refractivity contribution >= 4 is 11.6 Å². The third-order valence-corrected chi connectivity index (χ3v) is 4.35. The minimum Gasteiger partial charge on any atom is -0.356 e. The molecule has 1 aromatic rings. The third kappa shape index (κ3) is 4.75. The molecule has 23 heavy (non-hydrogen) atoms. The van der Waals surface area contributed by atoms with Crippen LogP contribution in [-0.2, 0) is 11.3 Å². The molecular weight excluding hydrogens is 298 g/mol. The van der Waals surface area contributed by atoms with Crippen molar-refractivity contribution in [2.45, 2.75) is 46.1 Å².